The van der Waals surface area contributed by atoms with E-state index in [1.165, 1.54) is 12.8 Å². The first-order valence-corrected chi connectivity index (χ1v) is 8.69. The van der Waals surface area contributed by atoms with Crippen molar-refractivity contribution in [2.75, 3.05) is 24.7 Å². The monoisotopic (exact) mass is 418 g/mol. The summed E-state index contributed by atoms with van der Waals surface area (Å²) in [7, 11) is 0. The second-order valence-corrected chi connectivity index (χ2v) is 7.15. The van der Waals surface area contributed by atoms with Gasteiger partial charge in [0.25, 0.3) is 0 Å². The molecule has 3 heterocycles. The third-order valence-corrected chi connectivity index (χ3v) is 5.05. The number of anilines is 1. The molecule has 1 saturated carbocycles. The van der Waals surface area contributed by atoms with Crippen molar-refractivity contribution in [1.82, 2.24) is 14.8 Å². The highest BCUT2D eigenvalue weighted by molar-refractivity contribution is 14.1. The van der Waals surface area contributed by atoms with Crippen LogP contribution in [-0.4, -0.2) is 40.6 Å². The van der Waals surface area contributed by atoms with Gasteiger partial charge in [-0.25, -0.2) is 4.98 Å². The van der Waals surface area contributed by atoms with Crippen LogP contribution >= 0.6 is 34.2 Å². The first-order valence-electron chi connectivity index (χ1n) is 7.24. The molecule has 2 fully saturated rings. The average molecular weight is 419 g/mol. The van der Waals surface area contributed by atoms with Crippen molar-refractivity contribution < 1.29 is 4.74 Å². The van der Waals surface area contributed by atoms with Crippen molar-refractivity contribution in [2.45, 2.75) is 31.8 Å². The Labute approximate surface area is 141 Å². The summed E-state index contributed by atoms with van der Waals surface area (Å²) in [5, 5.41) is 5.23. The predicted molar refractivity (Wildman–Crippen MR) is 91.2 cm³/mol. The van der Waals surface area contributed by atoms with Crippen molar-refractivity contribution in [1.29, 1.82) is 0 Å². The standard InChI is InChI=1S/C14H16ClIN4O/c1-8-7-21-5-4-19(8)10-6-11(15)17-12-13(10)20(9-2-3-9)18-14(12)16/h6,8-9H,2-5,7H2,1H3/t8-/m1/s1. The number of rotatable bonds is 2. The number of nitrogens with zero attached hydrogens (tertiary/aromatic N) is 4. The summed E-state index contributed by atoms with van der Waals surface area (Å²) in [6, 6.07) is 2.83. The van der Waals surface area contributed by atoms with E-state index in [4.69, 9.17) is 21.4 Å². The molecule has 4 rings (SSSR count). The fraction of sp³-hybridized carbons (Fsp3) is 0.571. The van der Waals surface area contributed by atoms with Gasteiger partial charge >= 0.3 is 0 Å². The third-order valence-electron chi connectivity index (χ3n) is 4.13. The van der Waals surface area contributed by atoms with E-state index >= 15 is 0 Å². The summed E-state index contributed by atoms with van der Waals surface area (Å²) in [4.78, 5) is 6.87. The van der Waals surface area contributed by atoms with Crippen LogP contribution in [0.25, 0.3) is 11.0 Å². The number of ether oxygens (including phenoxy) is 1. The molecule has 0 amide bonds. The van der Waals surface area contributed by atoms with Gasteiger partial charge in [0.2, 0.25) is 0 Å². The molecule has 2 aromatic rings. The molecule has 0 radical (unpaired) electrons. The van der Waals surface area contributed by atoms with Gasteiger partial charge < -0.3 is 9.64 Å². The Hall–Kier alpha value is -0.600. The van der Waals surface area contributed by atoms with Crippen LogP contribution < -0.4 is 4.90 Å². The summed E-state index contributed by atoms with van der Waals surface area (Å²) in [6.07, 6.45) is 2.40. The van der Waals surface area contributed by atoms with E-state index in [1.807, 2.05) is 6.07 Å². The van der Waals surface area contributed by atoms with Crippen molar-refractivity contribution in [3.63, 3.8) is 0 Å². The fourth-order valence-corrected chi connectivity index (χ4v) is 3.74. The van der Waals surface area contributed by atoms with Crippen molar-refractivity contribution in [3.05, 3.63) is 14.9 Å². The molecule has 5 nitrogen and oxygen atoms in total. The number of halogens is 2. The number of aromatic nitrogens is 3. The van der Waals surface area contributed by atoms with Crippen molar-refractivity contribution in [3.8, 4) is 0 Å². The van der Waals surface area contributed by atoms with Crippen molar-refractivity contribution in [2.24, 2.45) is 0 Å². The average Bonchev–Trinajstić information content (AvgIpc) is 3.25. The molecule has 1 aliphatic heterocycles. The summed E-state index contributed by atoms with van der Waals surface area (Å²) >= 11 is 8.51. The topological polar surface area (TPSA) is 43.2 Å². The second-order valence-electron chi connectivity index (χ2n) is 5.75. The molecule has 1 saturated heterocycles. The zero-order chi connectivity index (χ0) is 14.6. The number of hydrogen-bond acceptors (Lipinski definition) is 4. The minimum Gasteiger partial charge on any atom is -0.377 e. The summed E-state index contributed by atoms with van der Waals surface area (Å²) in [5.74, 6) is 0. The van der Waals surface area contributed by atoms with Crippen LogP contribution in [-0.2, 0) is 4.74 Å². The molecule has 0 spiro atoms. The Morgan fingerprint density at radius 1 is 1.43 bits per heavy atom. The van der Waals surface area contributed by atoms with E-state index in [0.717, 1.165) is 40.2 Å². The Bertz CT molecular complexity index is 700. The van der Waals surface area contributed by atoms with Gasteiger partial charge in [-0.15, -0.1) is 0 Å². The van der Waals surface area contributed by atoms with Gasteiger partial charge in [-0.1, -0.05) is 11.6 Å². The molecule has 112 valence electrons. The molecule has 0 bridgehead atoms. The van der Waals surface area contributed by atoms with Crippen LogP contribution in [0.2, 0.25) is 5.15 Å². The van der Waals surface area contributed by atoms with E-state index in [9.17, 15) is 0 Å². The quantitative estimate of drug-likeness (QED) is 0.555. The van der Waals surface area contributed by atoms with Crippen molar-refractivity contribution >= 4 is 50.9 Å². The number of morpholine rings is 1. The lowest BCUT2D eigenvalue weighted by molar-refractivity contribution is 0.0990. The van der Waals surface area contributed by atoms with E-state index in [1.54, 1.807) is 0 Å². The zero-order valence-corrected chi connectivity index (χ0v) is 14.6. The molecular formula is C14H16ClIN4O. The van der Waals surface area contributed by atoms with Gasteiger partial charge in [0.15, 0.2) is 0 Å². The maximum absolute atomic E-state index is 6.26. The maximum Gasteiger partial charge on any atom is 0.149 e. The lowest BCUT2D eigenvalue weighted by Crippen LogP contribution is -2.44. The van der Waals surface area contributed by atoms with Crippen LogP contribution in [0.3, 0.4) is 0 Å². The largest absolute Gasteiger partial charge is 0.377 e. The highest BCUT2D eigenvalue weighted by atomic mass is 127. The Morgan fingerprint density at radius 2 is 2.24 bits per heavy atom. The lowest BCUT2D eigenvalue weighted by Gasteiger charge is -2.35. The molecule has 2 aromatic heterocycles. The van der Waals surface area contributed by atoms with Gasteiger partial charge in [0, 0.05) is 18.7 Å². The summed E-state index contributed by atoms with van der Waals surface area (Å²) < 4.78 is 8.64. The lowest BCUT2D eigenvalue weighted by atomic mass is 10.2. The molecule has 7 heteroatoms. The van der Waals surface area contributed by atoms with E-state index in [-0.39, 0.29) is 0 Å². The fourth-order valence-electron chi connectivity index (χ4n) is 2.94. The summed E-state index contributed by atoms with van der Waals surface area (Å²) in [6.45, 7) is 4.56. The SMILES string of the molecule is C[C@@H]1COCCN1c1cc(Cl)nc2c(I)nn(C3CC3)c12. The molecular weight excluding hydrogens is 403 g/mol. The second kappa shape index (κ2) is 5.24. The minimum atomic E-state index is 0.334. The van der Waals surface area contributed by atoms with Gasteiger partial charge in [-0.3, -0.25) is 4.68 Å². The zero-order valence-electron chi connectivity index (χ0n) is 11.7. The van der Waals surface area contributed by atoms with Gasteiger partial charge in [0.05, 0.1) is 24.9 Å². The predicted octanol–water partition coefficient (Wildman–Crippen LogP) is 3.25. The molecule has 0 aromatic carbocycles. The molecule has 0 unspecified atom stereocenters. The minimum absolute atomic E-state index is 0.334. The van der Waals surface area contributed by atoms with Crippen LogP contribution in [0.1, 0.15) is 25.8 Å². The van der Waals surface area contributed by atoms with Gasteiger partial charge in [-0.05, 0) is 42.4 Å². The third kappa shape index (κ3) is 2.41. The van der Waals surface area contributed by atoms with Gasteiger partial charge in [-0.2, -0.15) is 5.10 Å². The Balaban J connectivity index is 1.93. The van der Waals surface area contributed by atoms with Gasteiger partial charge in [0.1, 0.15) is 19.9 Å². The molecule has 21 heavy (non-hydrogen) atoms. The normalized spacial score (nSPS) is 23.0. The Kier molecular flexibility index (Phi) is 3.50. The van der Waals surface area contributed by atoms with E-state index in [2.05, 4.69) is 44.1 Å². The van der Waals surface area contributed by atoms with Crippen LogP contribution in [0.4, 0.5) is 5.69 Å². The molecule has 1 atom stereocenters. The maximum atomic E-state index is 6.26. The number of fused-ring (bicyclic) bond motifs is 1. The highest BCUT2D eigenvalue weighted by Gasteiger charge is 2.31. The van der Waals surface area contributed by atoms with E-state index < -0.39 is 0 Å². The summed E-state index contributed by atoms with van der Waals surface area (Å²) in [5.41, 5.74) is 3.19. The number of pyridine rings is 1. The van der Waals surface area contributed by atoms with Crippen LogP contribution in [0.5, 0.6) is 0 Å². The molecule has 0 N–H and O–H groups in total. The van der Waals surface area contributed by atoms with Crippen LogP contribution in [0, 0.1) is 3.70 Å². The van der Waals surface area contributed by atoms with Crippen LogP contribution in [0.15, 0.2) is 6.07 Å². The number of hydrogen-bond donors (Lipinski definition) is 0. The first-order chi connectivity index (χ1) is 10.1. The smallest absolute Gasteiger partial charge is 0.149 e. The molecule has 1 aliphatic carbocycles. The Morgan fingerprint density at radius 3 is 2.95 bits per heavy atom. The van der Waals surface area contributed by atoms with E-state index in [0.29, 0.717) is 17.2 Å². The first kappa shape index (κ1) is 14.0. The highest BCUT2D eigenvalue weighted by Crippen LogP contribution is 2.41. The molecule has 2 aliphatic rings.